The third-order valence-electron chi connectivity index (χ3n) is 3.66. The number of benzene rings is 1. The summed E-state index contributed by atoms with van der Waals surface area (Å²) in [4.78, 5) is 12.0. The van der Waals surface area contributed by atoms with Gasteiger partial charge in [0.2, 0.25) is 0 Å². The van der Waals surface area contributed by atoms with Crippen LogP contribution in [0.25, 0.3) is 11.0 Å². The number of aliphatic hydroxyl groups excluding tert-OH is 1. The summed E-state index contributed by atoms with van der Waals surface area (Å²) in [6.45, 7) is 0.118. The highest BCUT2D eigenvalue weighted by atomic mass is 32.2. The lowest BCUT2D eigenvalue weighted by molar-refractivity contribution is -0.116. The summed E-state index contributed by atoms with van der Waals surface area (Å²) in [5, 5.41) is 28.8. The van der Waals surface area contributed by atoms with E-state index in [1.54, 1.807) is 6.26 Å². The number of para-hydroxylation sites is 1. The number of Topliss-reactive ketones (excluding diaryl/α,β-unsaturated/α-hetero) is 1. The summed E-state index contributed by atoms with van der Waals surface area (Å²) in [7, 11) is -1.55. The average molecular weight is 336 g/mol. The van der Waals surface area contributed by atoms with E-state index in [2.05, 4.69) is 0 Å². The fourth-order valence-electron chi connectivity index (χ4n) is 2.46. The van der Waals surface area contributed by atoms with Gasteiger partial charge in [0, 0.05) is 24.2 Å². The minimum Gasteiger partial charge on any atom is -0.464 e. The fraction of sp³-hybridized carbons (Fsp3) is 0.438. The van der Waals surface area contributed by atoms with Crippen molar-refractivity contribution >= 4 is 35.6 Å². The largest absolute Gasteiger partial charge is 0.464 e. The molecular weight excluding hydrogens is 315 g/mol. The van der Waals surface area contributed by atoms with E-state index >= 15 is 0 Å². The maximum Gasteiger partial charge on any atom is 0.455 e. The van der Waals surface area contributed by atoms with Crippen LogP contribution in [0.3, 0.4) is 0 Å². The van der Waals surface area contributed by atoms with Gasteiger partial charge >= 0.3 is 7.12 Å². The molecule has 0 saturated heterocycles. The van der Waals surface area contributed by atoms with Gasteiger partial charge in [0.1, 0.15) is 11.4 Å². The van der Waals surface area contributed by atoms with E-state index in [1.807, 2.05) is 24.3 Å². The molecule has 1 aromatic carbocycles. The Morgan fingerprint density at radius 2 is 2.09 bits per heavy atom. The first-order valence-corrected chi connectivity index (χ1v) is 8.79. The molecule has 1 atom stereocenters. The lowest BCUT2D eigenvalue weighted by atomic mass is 9.67. The van der Waals surface area contributed by atoms with Crippen molar-refractivity contribution in [2.24, 2.45) is 0 Å². The highest BCUT2D eigenvalue weighted by Crippen LogP contribution is 2.27. The van der Waals surface area contributed by atoms with Gasteiger partial charge in [0.15, 0.2) is 0 Å². The van der Waals surface area contributed by atoms with Crippen LogP contribution < -0.4 is 0 Å². The maximum atomic E-state index is 12.0. The van der Waals surface area contributed by atoms with E-state index in [9.17, 15) is 14.8 Å². The molecule has 2 rings (SSSR count). The quantitative estimate of drug-likeness (QED) is 0.453. The Labute approximate surface area is 139 Å². The molecule has 0 aliphatic heterocycles. The van der Waals surface area contributed by atoms with Crippen LogP contribution in [0.4, 0.5) is 0 Å². The number of furan rings is 1. The second kappa shape index (κ2) is 9.13. The molecule has 0 amide bonds. The lowest BCUT2D eigenvalue weighted by Gasteiger charge is -2.14. The maximum absolute atomic E-state index is 12.0. The molecule has 0 aliphatic carbocycles. The normalized spacial score (nSPS) is 12.5. The average Bonchev–Trinajstić information content (AvgIpc) is 2.94. The Kier molecular flexibility index (Phi) is 7.17. The highest BCUT2D eigenvalue weighted by Gasteiger charge is 2.27. The van der Waals surface area contributed by atoms with E-state index in [1.165, 1.54) is 11.8 Å². The van der Waals surface area contributed by atoms with Crippen LogP contribution in [0.2, 0.25) is 5.82 Å². The monoisotopic (exact) mass is 336 g/mol. The SMILES string of the molecule is O=C(CSCCCO)C[C@@H](Cc1coc2ccccc12)B(O)O. The van der Waals surface area contributed by atoms with Crippen molar-refractivity contribution in [3.63, 3.8) is 0 Å². The first kappa shape index (κ1) is 18.1. The first-order chi connectivity index (χ1) is 11.1. The third-order valence-corrected chi connectivity index (χ3v) is 4.77. The van der Waals surface area contributed by atoms with Crippen LogP contribution in [-0.4, -0.2) is 46.2 Å². The number of carbonyl (C=O) groups is 1. The van der Waals surface area contributed by atoms with Crippen LogP contribution in [0.15, 0.2) is 34.9 Å². The third kappa shape index (κ3) is 5.39. The molecule has 5 nitrogen and oxygen atoms in total. The smallest absolute Gasteiger partial charge is 0.455 e. The van der Waals surface area contributed by atoms with Crippen molar-refractivity contribution in [2.45, 2.75) is 25.1 Å². The van der Waals surface area contributed by atoms with Crippen molar-refractivity contribution < 1.29 is 24.4 Å². The van der Waals surface area contributed by atoms with Gasteiger partial charge in [-0.05, 0) is 30.2 Å². The fourth-order valence-corrected chi connectivity index (χ4v) is 3.28. The van der Waals surface area contributed by atoms with Crippen LogP contribution in [0, 0.1) is 0 Å². The predicted octanol–water partition coefficient (Wildman–Crippen LogP) is 1.89. The minimum atomic E-state index is -1.55. The second-order valence-corrected chi connectivity index (χ2v) is 6.61. The van der Waals surface area contributed by atoms with Gasteiger partial charge in [0.05, 0.1) is 12.0 Å². The summed E-state index contributed by atoms with van der Waals surface area (Å²) < 4.78 is 5.45. The van der Waals surface area contributed by atoms with Crippen molar-refractivity contribution in [3.05, 3.63) is 36.1 Å². The molecule has 0 saturated carbocycles. The predicted molar refractivity (Wildman–Crippen MR) is 92.5 cm³/mol. The summed E-state index contributed by atoms with van der Waals surface area (Å²) in [6, 6.07) is 7.55. The topological polar surface area (TPSA) is 90.9 Å². The van der Waals surface area contributed by atoms with Gasteiger partial charge in [-0.15, -0.1) is 0 Å². The molecule has 0 radical (unpaired) electrons. The molecule has 0 spiro atoms. The van der Waals surface area contributed by atoms with Gasteiger partial charge in [0.25, 0.3) is 0 Å². The Morgan fingerprint density at radius 3 is 2.83 bits per heavy atom. The van der Waals surface area contributed by atoms with Crippen LogP contribution >= 0.6 is 11.8 Å². The number of rotatable bonds is 10. The Bertz CT molecular complexity index is 628. The zero-order valence-corrected chi connectivity index (χ0v) is 13.7. The van der Waals surface area contributed by atoms with Gasteiger partial charge in [-0.1, -0.05) is 18.2 Å². The molecule has 7 heteroatoms. The van der Waals surface area contributed by atoms with Crippen molar-refractivity contribution in [1.29, 1.82) is 0 Å². The van der Waals surface area contributed by atoms with Crippen molar-refractivity contribution in [2.75, 3.05) is 18.1 Å². The highest BCUT2D eigenvalue weighted by molar-refractivity contribution is 7.99. The Hall–Kier alpha value is -1.28. The number of hydrogen-bond donors (Lipinski definition) is 3. The van der Waals surface area contributed by atoms with Crippen molar-refractivity contribution in [1.82, 2.24) is 0 Å². The van der Waals surface area contributed by atoms with Crippen molar-refractivity contribution in [3.8, 4) is 0 Å². The summed E-state index contributed by atoms with van der Waals surface area (Å²) >= 11 is 1.46. The van der Waals surface area contributed by atoms with Crippen LogP contribution in [0.1, 0.15) is 18.4 Å². The molecule has 0 unspecified atom stereocenters. The van der Waals surface area contributed by atoms with Gasteiger partial charge in [-0.3, -0.25) is 4.79 Å². The number of thioether (sulfide) groups is 1. The van der Waals surface area contributed by atoms with E-state index in [-0.39, 0.29) is 18.8 Å². The second-order valence-electron chi connectivity index (χ2n) is 5.51. The minimum absolute atomic E-state index is 0.0150. The molecule has 3 N–H and O–H groups in total. The summed E-state index contributed by atoms with van der Waals surface area (Å²) in [5.41, 5.74) is 1.62. The number of carbonyl (C=O) groups excluding carboxylic acids is 1. The molecule has 2 aromatic rings. The standard InChI is InChI=1S/C16H21BO5S/c18-6-3-7-23-11-14(19)9-13(17(20)21)8-12-10-22-16-5-2-1-4-15(12)16/h1-2,4-5,10,13,18,20-21H,3,6-9,11H2/t13-/m1/s1. The number of fused-ring (bicyclic) bond motifs is 1. The zero-order valence-electron chi connectivity index (χ0n) is 12.9. The number of ketones is 1. The molecule has 1 aromatic heterocycles. The van der Waals surface area contributed by atoms with Gasteiger partial charge < -0.3 is 19.6 Å². The number of hydrogen-bond acceptors (Lipinski definition) is 6. The van der Waals surface area contributed by atoms with E-state index in [4.69, 9.17) is 9.52 Å². The van der Waals surface area contributed by atoms with Crippen LogP contribution in [-0.2, 0) is 11.2 Å². The Balaban J connectivity index is 1.95. The van der Waals surface area contributed by atoms with Gasteiger partial charge in [-0.25, -0.2) is 0 Å². The Morgan fingerprint density at radius 1 is 1.30 bits per heavy atom. The number of aliphatic hydroxyl groups is 1. The van der Waals surface area contributed by atoms with Gasteiger partial charge in [-0.2, -0.15) is 11.8 Å². The molecular formula is C16H21BO5S. The molecule has 124 valence electrons. The molecule has 0 fully saturated rings. The summed E-state index contributed by atoms with van der Waals surface area (Å²) in [5.74, 6) is 0.483. The molecule has 1 heterocycles. The molecule has 23 heavy (non-hydrogen) atoms. The first-order valence-electron chi connectivity index (χ1n) is 7.63. The zero-order chi connectivity index (χ0) is 16.7. The van der Waals surface area contributed by atoms with E-state index in [0.717, 1.165) is 22.3 Å². The van der Waals surface area contributed by atoms with E-state index in [0.29, 0.717) is 18.6 Å². The van der Waals surface area contributed by atoms with E-state index < -0.39 is 12.9 Å². The molecule has 0 bridgehead atoms. The lowest BCUT2D eigenvalue weighted by Crippen LogP contribution is -2.25. The van der Waals surface area contributed by atoms with Crippen LogP contribution in [0.5, 0.6) is 0 Å². The molecule has 0 aliphatic rings. The summed E-state index contributed by atoms with van der Waals surface area (Å²) in [6.07, 6.45) is 2.76.